The normalized spacial score (nSPS) is 14.8. The van der Waals surface area contributed by atoms with Crippen molar-refractivity contribution in [2.75, 3.05) is 13.6 Å². The van der Waals surface area contributed by atoms with Crippen molar-refractivity contribution < 1.29 is 4.74 Å². The van der Waals surface area contributed by atoms with Crippen LogP contribution < -0.4 is 16.8 Å². The Kier molecular flexibility index (Phi) is 10.1. The molecular weight excluding hydrogens is 362 g/mol. The lowest BCUT2D eigenvalue weighted by Crippen LogP contribution is -2.20. The van der Waals surface area contributed by atoms with E-state index in [1.54, 1.807) is 30.2 Å². The van der Waals surface area contributed by atoms with E-state index in [0.29, 0.717) is 28.8 Å². The van der Waals surface area contributed by atoms with Gasteiger partial charge in [0.1, 0.15) is 6.26 Å². The topological polar surface area (TPSA) is 88.9 Å². The monoisotopic (exact) mass is 395 g/mol. The number of benzene rings is 1. The van der Waals surface area contributed by atoms with Gasteiger partial charge in [-0.05, 0) is 52.1 Å². The average Bonchev–Trinajstić information content (AvgIpc) is 3.09. The van der Waals surface area contributed by atoms with E-state index >= 15 is 0 Å². The average molecular weight is 396 g/mol. The zero-order valence-electron chi connectivity index (χ0n) is 17.9. The highest BCUT2D eigenvalue weighted by Crippen LogP contribution is 2.30. The minimum Gasteiger partial charge on any atom is -0.447 e. The molecule has 0 saturated heterocycles. The number of allylic oxidation sites excluding steroid dienone is 2. The molecule has 6 heteroatoms. The van der Waals surface area contributed by atoms with Gasteiger partial charge in [0, 0.05) is 6.20 Å². The van der Waals surface area contributed by atoms with E-state index in [9.17, 15) is 0 Å². The van der Waals surface area contributed by atoms with Crippen molar-refractivity contribution in [2.45, 2.75) is 27.2 Å². The first kappa shape index (κ1) is 23.8. The van der Waals surface area contributed by atoms with Crippen LogP contribution in [0.5, 0.6) is 0 Å². The van der Waals surface area contributed by atoms with E-state index < -0.39 is 0 Å². The van der Waals surface area contributed by atoms with E-state index in [1.807, 2.05) is 38.2 Å². The molecule has 1 heterocycles. The second-order valence-corrected chi connectivity index (χ2v) is 6.44. The highest BCUT2D eigenvalue weighted by Gasteiger charge is 2.23. The number of amidine groups is 1. The van der Waals surface area contributed by atoms with Crippen molar-refractivity contribution >= 4 is 11.5 Å². The second-order valence-electron chi connectivity index (χ2n) is 6.44. The summed E-state index contributed by atoms with van der Waals surface area (Å²) in [4.78, 5) is 6.12. The molecule has 5 N–H and O–H groups in total. The van der Waals surface area contributed by atoms with Gasteiger partial charge in [-0.25, -0.2) is 4.99 Å². The maximum Gasteiger partial charge on any atom is 0.196 e. The summed E-state index contributed by atoms with van der Waals surface area (Å²) < 4.78 is 5.31. The molecule has 0 bridgehead atoms. The highest BCUT2D eigenvalue weighted by molar-refractivity contribution is 5.80. The summed E-state index contributed by atoms with van der Waals surface area (Å²) >= 11 is 0. The quantitative estimate of drug-likeness (QED) is 0.369. The summed E-state index contributed by atoms with van der Waals surface area (Å²) in [6, 6.07) is 7.91. The maximum atomic E-state index is 6.46. The molecule has 0 aromatic heterocycles. The molecule has 6 nitrogen and oxygen atoms in total. The van der Waals surface area contributed by atoms with Gasteiger partial charge in [-0.1, -0.05) is 49.4 Å². The van der Waals surface area contributed by atoms with Crippen LogP contribution in [-0.4, -0.2) is 24.3 Å². The number of nitrogens with one attached hydrogen (secondary N) is 1. The molecule has 156 valence electrons. The predicted molar refractivity (Wildman–Crippen MR) is 123 cm³/mol. The second kappa shape index (κ2) is 12.3. The van der Waals surface area contributed by atoms with Crippen LogP contribution >= 0.6 is 0 Å². The van der Waals surface area contributed by atoms with Crippen molar-refractivity contribution in [3.05, 3.63) is 90.4 Å². The summed E-state index contributed by atoms with van der Waals surface area (Å²) in [6.45, 7) is 14.6. The molecule has 29 heavy (non-hydrogen) atoms. The summed E-state index contributed by atoms with van der Waals surface area (Å²) in [5.74, 6) is 0.840. The number of aliphatic imine (C=N–C) groups is 1. The van der Waals surface area contributed by atoms with E-state index in [0.717, 1.165) is 17.7 Å². The van der Waals surface area contributed by atoms with Crippen molar-refractivity contribution in [1.29, 1.82) is 0 Å². The predicted octanol–water partition coefficient (Wildman–Crippen LogP) is 3.96. The number of aryl methyl sites for hydroxylation is 1. The van der Waals surface area contributed by atoms with Crippen molar-refractivity contribution in [3.8, 4) is 0 Å². The number of ether oxygens (including phenoxy) is 1. The molecule has 2 rings (SSSR count). The molecule has 0 unspecified atom stereocenters. The van der Waals surface area contributed by atoms with Crippen molar-refractivity contribution in [2.24, 2.45) is 16.5 Å². The Balaban J connectivity index is 0.000000749. The smallest absolute Gasteiger partial charge is 0.196 e. The zero-order chi connectivity index (χ0) is 21.8. The van der Waals surface area contributed by atoms with Gasteiger partial charge in [-0.15, -0.1) is 0 Å². The first-order chi connectivity index (χ1) is 13.8. The molecule has 0 aliphatic carbocycles. The lowest BCUT2D eigenvalue weighted by Gasteiger charge is -2.22. The fourth-order valence-corrected chi connectivity index (χ4v) is 2.49. The minimum absolute atomic E-state index is 0.409. The fraction of sp³-hybridized carbons (Fsp3) is 0.261. The third-order valence-corrected chi connectivity index (χ3v) is 3.86. The largest absolute Gasteiger partial charge is 0.447 e. The Morgan fingerprint density at radius 2 is 1.93 bits per heavy atom. The number of nitrogens with zero attached hydrogens (tertiary/aromatic N) is 2. The molecule has 1 aliphatic heterocycles. The molecule has 0 radical (unpaired) electrons. The van der Waals surface area contributed by atoms with Gasteiger partial charge in [0.25, 0.3) is 0 Å². The molecule has 0 amide bonds. The van der Waals surface area contributed by atoms with Gasteiger partial charge in [-0.3, -0.25) is 4.90 Å². The van der Waals surface area contributed by atoms with Crippen LogP contribution in [0.3, 0.4) is 0 Å². The third kappa shape index (κ3) is 7.35. The molecular formula is C23H33N5O. The van der Waals surface area contributed by atoms with Gasteiger partial charge in [-0.2, -0.15) is 0 Å². The standard InChI is InChI=1S/C19H22N4O.C4H11N/c1-5-6-17(22-14(3)20)19(23-11-12-24-15(23)4)18(21)16-9-7-13(2)8-10-16;1-3-4-5-2/h5-12H,1,4,21H2,2-3H3,(H2,20,22);5H,3-4H2,1-2H3/b17-6-,19-18-;. The summed E-state index contributed by atoms with van der Waals surface area (Å²) in [5, 5.41) is 3.02. The Hall–Kier alpha value is -3.25. The molecule has 0 spiro atoms. The number of nitrogens with two attached hydrogens (primary N) is 2. The van der Waals surface area contributed by atoms with E-state index in [4.69, 9.17) is 16.2 Å². The van der Waals surface area contributed by atoms with Crippen LogP contribution in [-0.2, 0) is 4.74 Å². The zero-order valence-corrected chi connectivity index (χ0v) is 17.9. The number of rotatable bonds is 7. The Morgan fingerprint density at radius 3 is 2.34 bits per heavy atom. The maximum absolute atomic E-state index is 6.46. The van der Waals surface area contributed by atoms with Crippen LogP contribution in [0.25, 0.3) is 5.70 Å². The van der Waals surface area contributed by atoms with Gasteiger partial charge in [0.15, 0.2) is 5.88 Å². The van der Waals surface area contributed by atoms with Gasteiger partial charge in [0.2, 0.25) is 0 Å². The van der Waals surface area contributed by atoms with Crippen LogP contribution in [0.15, 0.2) is 84.3 Å². The Labute approximate surface area is 174 Å². The fourth-order valence-electron chi connectivity index (χ4n) is 2.49. The van der Waals surface area contributed by atoms with Crippen LogP contribution in [0, 0.1) is 6.92 Å². The van der Waals surface area contributed by atoms with Crippen LogP contribution in [0.1, 0.15) is 31.4 Å². The van der Waals surface area contributed by atoms with Crippen molar-refractivity contribution in [3.63, 3.8) is 0 Å². The summed E-state index contributed by atoms with van der Waals surface area (Å²) in [7, 11) is 1.96. The summed E-state index contributed by atoms with van der Waals surface area (Å²) in [6.07, 6.45) is 7.88. The molecule has 0 fully saturated rings. The van der Waals surface area contributed by atoms with Crippen LogP contribution in [0.4, 0.5) is 0 Å². The molecule has 1 aromatic carbocycles. The Morgan fingerprint density at radius 1 is 1.28 bits per heavy atom. The first-order valence-electron chi connectivity index (χ1n) is 9.52. The van der Waals surface area contributed by atoms with E-state index in [2.05, 4.69) is 30.4 Å². The minimum atomic E-state index is 0.409. The van der Waals surface area contributed by atoms with Crippen LogP contribution in [0.2, 0.25) is 0 Å². The molecule has 0 saturated carbocycles. The lowest BCUT2D eigenvalue weighted by atomic mass is 10.1. The SMILES string of the molecule is C=C/C=C(N=C(C)N)/C(=C(/N)c1ccc(C)cc1)N1C=COC1=C.CCCNC. The van der Waals surface area contributed by atoms with Gasteiger partial charge in [0.05, 0.1) is 22.9 Å². The molecule has 1 aliphatic rings. The molecule has 1 aromatic rings. The van der Waals surface area contributed by atoms with Crippen molar-refractivity contribution in [1.82, 2.24) is 10.2 Å². The Bertz CT molecular complexity index is 810. The van der Waals surface area contributed by atoms with Gasteiger partial charge < -0.3 is 21.5 Å². The third-order valence-electron chi connectivity index (χ3n) is 3.86. The number of hydrogen-bond donors (Lipinski definition) is 3. The van der Waals surface area contributed by atoms with E-state index in [-0.39, 0.29) is 0 Å². The number of hydrogen-bond acceptors (Lipinski definition) is 5. The molecule has 0 atom stereocenters. The highest BCUT2D eigenvalue weighted by atomic mass is 16.5. The van der Waals surface area contributed by atoms with Gasteiger partial charge >= 0.3 is 0 Å². The summed E-state index contributed by atoms with van der Waals surface area (Å²) in [5.41, 5.74) is 16.0. The van der Waals surface area contributed by atoms with E-state index in [1.165, 1.54) is 12.7 Å². The lowest BCUT2D eigenvalue weighted by molar-refractivity contribution is 0.302. The first-order valence-corrected chi connectivity index (χ1v) is 9.52.